The number of hydrogen-bond donors (Lipinski definition) is 0. The molecule has 6 heterocycles. The molecule has 2 aromatic carbocycles. The first-order chi connectivity index (χ1) is 28.4. The molecule has 0 saturated heterocycles. The molecule has 304 valence electrons. The Bertz CT molecular complexity index is 2460. The molecule has 0 fully saturated rings. The minimum Gasteiger partial charge on any atom is -0.381 e. The van der Waals surface area contributed by atoms with E-state index in [1.54, 1.807) is 22.7 Å². The molecule has 0 saturated carbocycles. The Morgan fingerprint density at radius 2 is 1.00 bits per heavy atom. The van der Waals surface area contributed by atoms with Crippen LogP contribution in [-0.4, -0.2) is 65.7 Å². The number of nitrogens with zero attached hydrogens (tertiary/aromatic N) is 8. The molecule has 15 heteroatoms. The van der Waals surface area contributed by atoms with E-state index < -0.39 is 12.1 Å². The molecule has 0 spiro atoms. The molecule has 0 N–H and O–H groups in total. The maximum Gasteiger partial charge on any atom is 0.163 e. The molecule has 2 aliphatic rings. The number of ketones is 2. The first kappa shape index (κ1) is 41.1. The highest BCUT2D eigenvalue weighted by Gasteiger charge is 2.34. The van der Waals surface area contributed by atoms with Gasteiger partial charge in [0, 0.05) is 81.0 Å². The van der Waals surface area contributed by atoms with Crippen LogP contribution in [-0.2, 0) is 14.3 Å². The minimum atomic E-state index is -0.501. The van der Waals surface area contributed by atoms with Crippen molar-refractivity contribution >= 4 is 68.9 Å². The highest BCUT2D eigenvalue weighted by atomic mass is 35.5. The summed E-state index contributed by atoms with van der Waals surface area (Å²) in [5.41, 5.74) is 7.87. The fourth-order valence-electron chi connectivity index (χ4n) is 7.75. The molecule has 0 amide bonds. The van der Waals surface area contributed by atoms with Gasteiger partial charge in [-0.1, -0.05) is 47.5 Å². The van der Waals surface area contributed by atoms with Gasteiger partial charge in [0.15, 0.2) is 11.6 Å². The Labute approximate surface area is 361 Å². The first-order valence-electron chi connectivity index (χ1n) is 19.7. The molecule has 8 rings (SSSR count). The largest absolute Gasteiger partial charge is 0.381 e. The standard InChI is InChI=1S/C44H44Cl2N8O3S2/c1-23-25(3)58-43-37(23)39(29-11-15-31(45)16-12-29)47-35(41-51-49-27(5)53(41)43)21-33(55)9-7-19-57-20-8-10-34(56)22-36-42-52-50-28(6)54(42)44-38(24(2)26(4)59-44)40(48-36)30-13-17-32(46)18-14-30/h11-18,35-36H,7-10,19-22H2,1-6H3/t35-,36-/m0/s1. The summed E-state index contributed by atoms with van der Waals surface area (Å²) in [7, 11) is 0. The molecule has 4 aromatic heterocycles. The maximum atomic E-state index is 13.5. The van der Waals surface area contributed by atoms with Crippen LogP contribution in [0.3, 0.4) is 0 Å². The molecule has 2 aliphatic heterocycles. The van der Waals surface area contributed by atoms with E-state index >= 15 is 0 Å². The van der Waals surface area contributed by atoms with E-state index in [0.29, 0.717) is 60.6 Å². The maximum absolute atomic E-state index is 13.5. The minimum absolute atomic E-state index is 0.0723. The number of Topliss-reactive ketones (excluding diaryl/α,β-unsaturated/α-hetero) is 2. The molecular weight excluding hydrogens is 824 g/mol. The molecule has 0 aliphatic carbocycles. The molecule has 59 heavy (non-hydrogen) atoms. The number of benzene rings is 2. The van der Waals surface area contributed by atoms with Gasteiger partial charge in [0.1, 0.15) is 45.3 Å². The van der Waals surface area contributed by atoms with Crippen LogP contribution in [0.4, 0.5) is 0 Å². The highest BCUT2D eigenvalue weighted by molar-refractivity contribution is 7.15. The number of carbonyl (C=O) groups excluding carboxylic acids is 2. The van der Waals surface area contributed by atoms with E-state index in [1.165, 1.54) is 9.75 Å². The summed E-state index contributed by atoms with van der Waals surface area (Å²) in [6.07, 6.45) is 2.20. The first-order valence-corrected chi connectivity index (χ1v) is 22.1. The lowest BCUT2D eigenvalue weighted by atomic mass is 9.99. The van der Waals surface area contributed by atoms with Crippen LogP contribution < -0.4 is 0 Å². The van der Waals surface area contributed by atoms with Gasteiger partial charge in [-0.05, 0) is 89.8 Å². The quantitative estimate of drug-likeness (QED) is 0.0997. The Balaban J connectivity index is 0.877. The zero-order valence-electron chi connectivity index (χ0n) is 33.8. The van der Waals surface area contributed by atoms with Crippen molar-refractivity contribution < 1.29 is 14.3 Å². The molecule has 11 nitrogen and oxygen atoms in total. The molecule has 0 unspecified atom stereocenters. The topological polar surface area (TPSA) is 130 Å². The lowest BCUT2D eigenvalue weighted by Crippen LogP contribution is -2.12. The van der Waals surface area contributed by atoms with E-state index in [9.17, 15) is 9.59 Å². The number of aliphatic imine (C=N–C) groups is 2. The van der Waals surface area contributed by atoms with Gasteiger partial charge in [0.05, 0.1) is 11.4 Å². The van der Waals surface area contributed by atoms with E-state index in [-0.39, 0.29) is 24.4 Å². The third-order valence-electron chi connectivity index (χ3n) is 11.0. The van der Waals surface area contributed by atoms with Gasteiger partial charge in [-0.2, -0.15) is 0 Å². The van der Waals surface area contributed by atoms with Crippen LogP contribution in [0.1, 0.15) is 117 Å². The van der Waals surface area contributed by atoms with Gasteiger partial charge in [0.25, 0.3) is 0 Å². The number of aromatic nitrogens is 6. The highest BCUT2D eigenvalue weighted by Crippen LogP contribution is 2.41. The van der Waals surface area contributed by atoms with Gasteiger partial charge in [-0.3, -0.25) is 28.7 Å². The van der Waals surface area contributed by atoms with Crippen LogP contribution in [0, 0.1) is 41.5 Å². The second-order valence-electron chi connectivity index (χ2n) is 15.1. The van der Waals surface area contributed by atoms with Crippen molar-refractivity contribution in [2.75, 3.05) is 13.2 Å². The van der Waals surface area contributed by atoms with Crippen molar-refractivity contribution in [2.24, 2.45) is 9.98 Å². The molecule has 0 bridgehead atoms. The summed E-state index contributed by atoms with van der Waals surface area (Å²) in [5, 5.41) is 21.2. The molecular formula is C44H44Cl2N8O3S2. The monoisotopic (exact) mass is 866 g/mol. The summed E-state index contributed by atoms with van der Waals surface area (Å²) in [4.78, 5) is 39.8. The van der Waals surface area contributed by atoms with E-state index in [2.05, 4.69) is 57.2 Å². The van der Waals surface area contributed by atoms with Crippen molar-refractivity contribution in [1.29, 1.82) is 0 Å². The predicted octanol–water partition coefficient (Wildman–Crippen LogP) is 10.1. The van der Waals surface area contributed by atoms with Gasteiger partial charge >= 0.3 is 0 Å². The number of ether oxygens (including phenoxy) is 1. The summed E-state index contributed by atoms with van der Waals surface area (Å²) >= 11 is 15.9. The van der Waals surface area contributed by atoms with Gasteiger partial charge in [-0.15, -0.1) is 43.1 Å². The average Bonchev–Trinajstić information content (AvgIpc) is 3.90. The third kappa shape index (κ3) is 8.15. The van der Waals surface area contributed by atoms with Crippen molar-refractivity contribution in [1.82, 2.24) is 29.5 Å². The Hall–Kier alpha value is -4.66. The summed E-state index contributed by atoms with van der Waals surface area (Å²) in [6, 6.07) is 14.3. The summed E-state index contributed by atoms with van der Waals surface area (Å²) < 4.78 is 10.0. The number of aryl methyl sites for hydroxylation is 4. The lowest BCUT2D eigenvalue weighted by Gasteiger charge is -2.13. The van der Waals surface area contributed by atoms with Crippen molar-refractivity contribution in [3.63, 3.8) is 0 Å². The number of halogens is 2. The van der Waals surface area contributed by atoms with Crippen LogP contribution in [0.5, 0.6) is 0 Å². The summed E-state index contributed by atoms with van der Waals surface area (Å²) in [5.74, 6) is 2.98. The van der Waals surface area contributed by atoms with Gasteiger partial charge in [-0.25, -0.2) is 0 Å². The Kier molecular flexibility index (Phi) is 11.9. The fourth-order valence-corrected chi connectivity index (χ4v) is 10.4. The fraction of sp³-hybridized carbons (Fsp3) is 0.364. The number of carbonyl (C=O) groups is 2. The van der Waals surface area contributed by atoms with E-state index in [1.807, 2.05) is 62.4 Å². The number of fused-ring (bicyclic) bond motifs is 6. The number of rotatable bonds is 14. The van der Waals surface area contributed by atoms with E-state index in [4.69, 9.17) is 37.9 Å². The molecule has 0 radical (unpaired) electrons. The third-order valence-corrected chi connectivity index (χ3v) is 13.9. The van der Waals surface area contributed by atoms with E-state index in [0.717, 1.165) is 66.5 Å². The number of hydrogen-bond acceptors (Lipinski definition) is 11. The Morgan fingerprint density at radius 1 is 0.610 bits per heavy atom. The molecule has 6 aromatic rings. The second-order valence-corrected chi connectivity index (χ2v) is 18.4. The van der Waals surface area contributed by atoms with Crippen molar-refractivity contribution in [2.45, 2.75) is 92.2 Å². The second kappa shape index (κ2) is 17.1. The smallest absolute Gasteiger partial charge is 0.163 e. The zero-order valence-corrected chi connectivity index (χ0v) is 37.0. The zero-order chi connectivity index (χ0) is 41.5. The Morgan fingerprint density at radius 3 is 1.39 bits per heavy atom. The van der Waals surface area contributed by atoms with Crippen LogP contribution in [0.15, 0.2) is 58.5 Å². The van der Waals surface area contributed by atoms with Crippen LogP contribution >= 0.6 is 45.9 Å². The van der Waals surface area contributed by atoms with Crippen molar-refractivity contribution in [3.8, 4) is 10.0 Å². The average molecular weight is 868 g/mol. The van der Waals surface area contributed by atoms with Gasteiger partial charge < -0.3 is 4.74 Å². The van der Waals surface area contributed by atoms with Crippen LogP contribution in [0.25, 0.3) is 10.0 Å². The SMILES string of the molecule is Cc1sc2c(c1C)C(c1ccc(Cl)cc1)=N[C@@H](CC(=O)CCCOCCCC(=O)C[C@@H]1N=C(c3ccc(Cl)cc3)c3c(sc(C)c3C)-n3c(C)nnc31)c1nnc(C)n1-2. The van der Waals surface area contributed by atoms with Crippen molar-refractivity contribution in [3.05, 3.63) is 125 Å². The predicted molar refractivity (Wildman–Crippen MR) is 235 cm³/mol. The number of thiophene rings is 2. The van der Waals surface area contributed by atoms with Crippen LogP contribution in [0.2, 0.25) is 10.0 Å². The van der Waals surface area contributed by atoms with Gasteiger partial charge in [0.2, 0.25) is 0 Å². The normalized spacial score (nSPS) is 15.7. The lowest BCUT2D eigenvalue weighted by molar-refractivity contribution is -0.120. The molecule has 2 atom stereocenters. The summed E-state index contributed by atoms with van der Waals surface area (Å²) in [6.45, 7) is 13.1.